The Morgan fingerprint density at radius 2 is 2.21 bits per heavy atom. The van der Waals surface area contributed by atoms with Gasteiger partial charge in [-0.1, -0.05) is 6.92 Å². The Labute approximate surface area is 112 Å². The molecule has 1 heterocycles. The summed E-state index contributed by atoms with van der Waals surface area (Å²) in [4.78, 5) is 24.8. The summed E-state index contributed by atoms with van der Waals surface area (Å²) in [5.41, 5.74) is 7.56. The Morgan fingerprint density at radius 3 is 2.84 bits per heavy atom. The zero-order valence-electron chi connectivity index (χ0n) is 10.9. The maximum Gasteiger partial charge on any atom is 0.335 e. The van der Waals surface area contributed by atoms with Gasteiger partial charge >= 0.3 is 5.97 Å². The zero-order valence-corrected chi connectivity index (χ0v) is 10.9. The molecule has 1 aromatic rings. The molecule has 1 atom stereocenters. The first-order valence-corrected chi connectivity index (χ1v) is 6.39. The molecule has 0 fully saturated rings. The van der Waals surface area contributed by atoms with Gasteiger partial charge in [-0.25, -0.2) is 4.79 Å². The minimum Gasteiger partial charge on any atom is -0.478 e. The maximum absolute atomic E-state index is 12.2. The molecule has 1 aromatic carbocycles. The third-order valence-corrected chi connectivity index (χ3v) is 3.45. The number of nitrogens with zero attached hydrogens (tertiary/aromatic N) is 1. The monoisotopic (exact) mass is 262 g/mol. The van der Waals surface area contributed by atoms with Crippen LogP contribution in [0.1, 0.15) is 29.3 Å². The van der Waals surface area contributed by atoms with Gasteiger partial charge in [0.2, 0.25) is 5.91 Å². The molecular weight excluding hydrogens is 244 g/mol. The van der Waals surface area contributed by atoms with E-state index in [0.717, 1.165) is 11.3 Å². The van der Waals surface area contributed by atoms with E-state index >= 15 is 0 Å². The molecule has 0 saturated heterocycles. The van der Waals surface area contributed by atoms with E-state index in [-0.39, 0.29) is 17.4 Å². The molecule has 1 unspecified atom stereocenters. The zero-order chi connectivity index (χ0) is 14.0. The molecule has 0 spiro atoms. The summed E-state index contributed by atoms with van der Waals surface area (Å²) in [5, 5.41) is 8.95. The Hall–Kier alpha value is -1.88. The smallest absolute Gasteiger partial charge is 0.335 e. The lowest BCUT2D eigenvalue weighted by atomic mass is 10.1. The number of anilines is 1. The van der Waals surface area contributed by atoms with Gasteiger partial charge in [-0.3, -0.25) is 4.79 Å². The molecule has 5 heteroatoms. The maximum atomic E-state index is 12.2. The lowest BCUT2D eigenvalue weighted by Gasteiger charge is -2.19. The topological polar surface area (TPSA) is 83.6 Å². The Balaban J connectivity index is 2.18. The second-order valence-electron chi connectivity index (χ2n) is 4.99. The normalized spacial score (nSPS) is 15.2. The summed E-state index contributed by atoms with van der Waals surface area (Å²) in [7, 11) is 0. The van der Waals surface area contributed by atoms with Crippen LogP contribution < -0.4 is 10.6 Å². The van der Waals surface area contributed by atoms with Crippen LogP contribution in [0.3, 0.4) is 0 Å². The average molecular weight is 262 g/mol. The van der Waals surface area contributed by atoms with Crippen molar-refractivity contribution in [2.75, 3.05) is 18.0 Å². The van der Waals surface area contributed by atoms with Crippen molar-refractivity contribution in [3.63, 3.8) is 0 Å². The van der Waals surface area contributed by atoms with E-state index in [9.17, 15) is 9.59 Å². The number of fused-ring (bicyclic) bond motifs is 1. The molecule has 0 saturated carbocycles. The minimum absolute atomic E-state index is 0.0553. The van der Waals surface area contributed by atoms with Crippen molar-refractivity contribution in [1.29, 1.82) is 0 Å². The highest BCUT2D eigenvalue weighted by molar-refractivity contribution is 5.97. The van der Waals surface area contributed by atoms with Gasteiger partial charge in [0.05, 0.1) is 5.56 Å². The van der Waals surface area contributed by atoms with E-state index in [1.807, 2.05) is 6.92 Å². The molecular formula is C14H18N2O3. The van der Waals surface area contributed by atoms with E-state index in [4.69, 9.17) is 10.8 Å². The van der Waals surface area contributed by atoms with Gasteiger partial charge < -0.3 is 15.7 Å². The summed E-state index contributed by atoms with van der Waals surface area (Å²) in [6, 6.07) is 4.91. The van der Waals surface area contributed by atoms with E-state index in [1.165, 1.54) is 0 Å². The van der Waals surface area contributed by atoms with Crippen molar-refractivity contribution in [1.82, 2.24) is 0 Å². The van der Waals surface area contributed by atoms with Crippen molar-refractivity contribution in [3.8, 4) is 0 Å². The van der Waals surface area contributed by atoms with Gasteiger partial charge in [-0.2, -0.15) is 0 Å². The van der Waals surface area contributed by atoms with Crippen LogP contribution in [0, 0.1) is 5.92 Å². The number of hydrogen-bond donors (Lipinski definition) is 2. The van der Waals surface area contributed by atoms with Crippen LogP contribution in [0.4, 0.5) is 5.69 Å². The van der Waals surface area contributed by atoms with Crippen molar-refractivity contribution in [3.05, 3.63) is 29.3 Å². The predicted octanol–water partition coefficient (Wildman–Crippen LogP) is 1.26. The van der Waals surface area contributed by atoms with Crippen molar-refractivity contribution in [2.45, 2.75) is 19.8 Å². The number of aromatic carboxylic acids is 1. The van der Waals surface area contributed by atoms with Crippen LogP contribution in [0.15, 0.2) is 18.2 Å². The number of amides is 1. The number of hydrogen-bond acceptors (Lipinski definition) is 3. The molecule has 0 bridgehead atoms. The molecule has 1 aliphatic heterocycles. The first-order valence-electron chi connectivity index (χ1n) is 6.39. The van der Waals surface area contributed by atoms with Gasteiger partial charge in [0.1, 0.15) is 0 Å². The van der Waals surface area contributed by atoms with Crippen LogP contribution in [0.2, 0.25) is 0 Å². The molecule has 3 N–H and O–H groups in total. The fourth-order valence-corrected chi connectivity index (χ4v) is 2.29. The number of carbonyl (C=O) groups is 2. The minimum atomic E-state index is -0.940. The highest BCUT2D eigenvalue weighted by Gasteiger charge is 2.26. The average Bonchev–Trinajstić information content (AvgIpc) is 2.81. The number of nitrogens with two attached hydrogens (primary N) is 1. The third kappa shape index (κ3) is 2.76. The van der Waals surface area contributed by atoms with Gasteiger partial charge in [0.25, 0.3) is 0 Å². The largest absolute Gasteiger partial charge is 0.478 e. The molecule has 0 aliphatic carbocycles. The highest BCUT2D eigenvalue weighted by Crippen LogP contribution is 2.29. The lowest BCUT2D eigenvalue weighted by molar-refractivity contribution is -0.119. The number of carbonyl (C=O) groups excluding carboxylic acids is 1. The molecule has 1 amide bonds. The Kier molecular flexibility index (Phi) is 3.85. The van der Waals surface area contributed by atoms with Crippen LogP contribution in [-0.4, -0.2) is 30.1 Å². The van der Waals surface area contributed by atoms with Crippen molar-refractivity contribution < 1.29 is 14.7 Å². The Morgan fingerprint density at radius 1 is 1.47 bits per heavy atom. The first kappa shape index (κ1) is 13.5. The van der Waals surface area contributed by atoms with Gasteiger partial charge in [-0.05, 0) is 42.6 Å². The van der Waals surface area contributed by atoms with Crippen molar-refractivity contribution >= 4 is 17.6 Å². The van der Waals surface area contributed by atoms with E-state index < -0.39 is 5.97 Å². The second kappa shape index (κ2) is 5.40. The summed E-state index contributed by atoms with van der Waals surface area (Å²) in [5.74, 6) is -0.723. The molecule has 102 valence electrons. The lowest BCUT2D eigenvalue weighted by Crippen LogP contribution is -2.31. The molecule has 19 heavy (non-hydrogen) atoms. The quantitative estimate of drug-likeness (QED) is 0.855. The Bertz CT molecular complexity index is 513. The van der Waals surface area contributed by atoms with Crippen LogP contribution in [-0.2, 0) is 11.2 Å². The molecule has 5 nitrogen and oxygen atoms in total. The summed E-state index contributed by atoms with van der Waals surface area (Å²) < 4.78 is 0. The number of carboxylic acid groups (broad SMARTS) is 1. The van der Waals surface area contributed by atoms with Crippen LogP contribution in [0.5, 0.6) is 0 Å². The molecule has 2 rings (SSSR count). The van der Waals surface area contributed by atoms with E-state index in [1.54, 1.807) is 23.1 Å². The second-order valence-corrected chi connectivity index (χ2v) is 4.99. The highest BCUT2D eigenvalue weighted by atomic mass is 16.4. The standard InChI is InChI=1S/C14H18N2O3/c1-9(8-15)6-13(17)16-5-4-10-7-11(14(18)19)2-3-12(10)16/h2-3,7,9H,4-6,8,15H2,1H3,(H,18,19). The molecule has 0 aromatic heterocycles. The van der Waals surface area contributed by atoms with Crippen molar-refractivity contribution in [2.24, 2.45) is 11.7 Å². The van der Waals surface area contributed by atoms with Gasteiger partial charge in [0.15, 0.2) is 0 Å². The number of benzene rings is 1. The summed E-state index contributed by atoms with van der Waals surface area (Å²) >= 11 is 0. The summed E-state index contributed by atoms with van der Waals surface area (Å²) in [6.07, 6.45) is 1.13. The van der Waals surface area contributed by atoms with Gasteiger partial charge in [-0.15, -0.1) is 0 Å². The molecule has 1 aliphatic rings. The fourth-order valence-electron chi connectivity index (χ4n) is 2.29. The molecule has 0 radical (unpaired) electrons. The fraction of sp³-hybridized carbons (Fsp3) is 0.429. The van der Waals surface area contributed by atoms with E-state index in [2.05, 4.69) is 0 Å². The number of carboxylic acids is 1. The van der Waals surface area contributed by atoms with Crippen LogP contribution >= 0.6 is 0 Å². The summed E-state index contributed by atoms with van der Waals surface area (Å²) in [6.45, 7) is 3.06. The predicted molar refractivity (Wildman–Crippen MR) is 72.3 cm³/mol. The van der Waals surface area contributed by atoms with Crippen LogP contribution in [0.25, 0.3) is 0 Å². The SMILES string of the molecule is CC(CN)CC(=O)N1CCc2cc(C(=O)O)ccc21. The van der Waals surface area contributed by atoms with E-state index in [0.29, 0.717) is 25.9 Å². The number of rotatable bonds is 4. The van der Waals surface area contributed by atoms with Gasteiger partial charge in [0, 0.05) is 18.7 Å². The first-order chi connectivity index (χ1) is 9.02. The third-order valence-electron chi connectivity index (χ3n) is 3.45.